The van der Waals surface area contributed by atoms with Crippen LogP contribution in [-0.2, 0) is 4.74 Å². The predicted molar refractivity (Wildman–Crippen MR) is 89.9 cm³/mol. The number of ether oxygens (including phenoxy) is 1. The molecule has 1 fully saturated rings. The quantitative estimate of drug-likeness (QED) is 0.834. The number of hydrogen-bond donors (Lipinski definition) is 1. The highest BCUT2D eigenvalue weighted by Gasteiger charge is 2.23. The molecule has 0 aromatic heterocycles. The first kappa shape index (κ1) is 16.3. The molecule has 0 aliphatic carbocycles. The zero-order valence-electron chi connectivity index (χ0n) is 13.7. The van der Waals surface area contributed by atoms with Gasteiger partial charge in [-0.05, 0) is 37.8 Å². The van der Waals surface area contributed by atoms with Crippen LogP contribution in [0.2, 0.25) is 0 Å². The Morgan fingerprint density at radius 2 is 1.86 bits per heavy atom. The first-order valence-electron chi connectivity index (χ1n) is 8.34. The standard InChI is InChI=1S/C18H30N2O/c1-4-21-14-18(15(2)3)19-16-10-12-20(13-11-16)17-8-6-5-7-9-17/h5-9,15-16,18-19H,4,10-14H2,1-3H3. The van der Waals surface area contributed by atoms with Gasteiger partial charge in [-0.15, -0.1) is 0 Å². The van der Waals surface area contributed by atoms with E-state index in [9.17, 15) is 0 Å². The lowest BCUT2D eigenvalue weighted by Crippen LogP contribution is -2.49. The minimum absolute atomic E-state index is 0.471. The molecule has 0 amide bonds. The van der Waals surface area contributed by atoms with Crippen LogP contribution in [0.5, 0.6) is 0 Å². The summed E-state index contributed by atoms with van der Waals surface area (Å²) in [6.45, 7) is 10.5. The third-order valence-electron chi connectivity index (χ3n) is 4.37. The number of para-hydroxylation sites is 1. The van der Waals surface area contributed by atoms with Gasteiger partial charge in [0.1, 0.15) is 0 Å². The van der Waals surface area contributed by atoms with E-state index in [1.807, 2.05) is 0 Å². The second-order valence-corrected chi connectivity index (χ2v) is 6.27. The van der Waals surface area contributed by atoms with Gasteiger partial charge in [0, 0.05) is 37.5 Å². The maximum Gasteiger partial charge on any atom is 0.0622 e. The first-order chi connectivity index (χ1) is 10.2. The van der Waals surface area contributed by atoms with Gasteiger partial charge in [-0.1, -0.05) is 32.0 Å². The fraction of sp³-hybridized carbons (Fsp3) is 0.667. The van der Waals surface area contributed by atoms with Gasteiger partial charge in [0.25, 0.3) is 0 Å². The number of hydrogen-bond acceptors (Lipinski definition) is 3. The van der Waals surface area contributed by atoms with Gasteiger partial charge in [-0.2, -0.15) is 0 Å². The molecule has 0 spiro atoms. The third kappa shape index (κ3) is 5.01. The van der Waals surface area contributed by atoms with Gasteiger partial charge in [0.05, 0.1) is 6.61 Å². The Morgan fingerprint density at radius 3 is 2.43 bits per heavy atom. The summed E-state index contributed by atoms with van der Waals surface area (Å²) in [4.78, 5) is 2.49. The highest BCUT2D eigenvalue weighted by Crippen LogP contribution is 2.20. The summed E-state index contributed by atoms with van der Waals surface area (Å²) >= 11 is 0. The summed E-state index contributed by atoms with van der Waals surface area (Å²) in [6, 6.07) is 11.8. The van der Waals surface area contributed by atoms with Crippen LogP contribution >= 0.6 is 0 Å². The van der Waals surface area contributed by atoms with E-state index >= 15 is 0 Å². The molecule has 0 radical (unpaired) electrons. The van der Waals surface area contributed by atoms with Gasteiger partial charge < -0.3 is 15.0 Å². The summed E-state index contributed by atoms with van der Waals surface area (Å²) < 4.78 is 5.62. The average molecular weight is 290 g/mol. The van der Waals surface area contributed by atoms with E-state index in [-0.39, 0.29) is 0 Å². The summed E-state index contributed by atoms with van der Waals surface area (Å²) in [5.41, 5.74) is 1.35. The molecule has 3 heteroatoms. The molecular formula is C18H30N2O. The number of anilines is 1. The van der Waals surface area contributed by atoms with Gasteiger partial charge in [0.2, 0.25) is 0 Å². The number of piperidine rings is 1. The van der Waals surface area contributed by atoms with Crippen molar-refractivity contribution in [1.82, 2.24) is 5.32 Å². The maximum atomic E-state index is 5.62. The molecule has 118 valence electrons. The Balaban J connectivity index is 1.80. The monoisotopic (exact) mass is 290 g/mol. The molecule has 21 heavy (non-hydrogen) atoms. The Hall–Kier alpha value is -1.06. The van der Waals surface area contributed by atoms with Crippen molar-refractivity contribution >= 4 is 5.69 Å². The number of nitrogens with zero attached hydrogens (tertiary/aromatic N) is 1. The minimum atomic E-state index is 0.471. The molecule has 1 aromatic carbocycles. The van der Waals surface area contributed by atoms with Gasteiger partial charge in [0.15, 0.2) is 0 Å². The molecule has 1 unspecified atom stereocenters. The van der Waals surface area contributed by atoms with E-state index in [1.54, 1.807) is 0 Å². The molecule has 1 aliphatic rings. The Kier molecular flexibility index (Phi) is 6.52. The van der Waals surface area contributed by atoms with Crippen molar-refractivity contribution in [3.63, 3.8) is 0 Å². The largest absolute Gasteiger partial charge is 0.380 e. The van der Waals surface area contributed by atoms with E-state index in [4.69, 9.17) is 4.74 Å². The molecule has 3 nitrogen and oxygen atoms in total. The molecule has 1 aromatic rings. The molecule has 1 saturated heterocycles. The lowest BCUT2D eigenvalue weighted by atomic mass is 9.99. The van der Waals surface area contributed by atoms with Crippen molar-refractivity contribution < 1.29 is 4.74 Å². The SMILES string of the molecule is CCOCC(NC1CCN(c2ccccc2)CC1)C(C)C. The van der Waals surface area contributed by atoms with E-state index in [0.717, 1.165) is 26.3 Å². The second kappa shape index (κ2) is 8.40. The van der Waals surface area contributed by atoms with Crippen LogP contribution in [0.4, 0.5) is 5.69 Å². The van der Waals surface area contributed by atoms with Crippen molar-refractivity contribution in [3.8, 4) is 0 Å². The highest BCUT2D eigenvalue weighted by atomic mass is 16.5. The molecule has 1 aliphatic heterocycles. The van der Waals surface area contributed by atoms with Crippen molar-refractivity contribution in [2.75, 3.05) is 31.2 Å². The minimum Gasteiger partial charge on any atom is -0.380 e. The van der Waals surface area contributed by atoms with Crippen molar-refractivity contribution in [1.29, 1.82) is 0 Å². The summed E-state index contributed by atoms with van der Waals surface area (Å²) in [6.07, 6.45) is 2.43. The zero-order chi connectivity index (χ0) is 15.1. The maximum absolute atomic E-state index is 5.62. The zero-order valence-corrected chi connectivity index (χ0v) is 13.7. The van der Waals surface area contributed by atoms with Crippen LogP contribution in [0, 0.1) is 5.92 Å². The van der Waals surface area contributed by atoms with E-state index in [1.165, 1.54) is 18.5 Å². The fourth-order valence-electron chi connectivity index (χ4n) is 2.92. The topological polar surface area (TPSA) is 24.5 Å². The number of nitrogens with one attached hydrogen (secondary N) is 1. The van der Waals surface area contributed by atoms with Gasteiger partial charge in [-0.25, -0.2) is 0 Å². The van der Waals surface area contributed by atoms with Crippen LogP contribution in [0.1, 0.15) is 33.6 Å². The number of benzene rings is 1. The molecular weight excluding hydrogens is 260 g/mol. The van der Waals surface area contributed by atoms with Gasteiger partial charge >= 0.3 is 0 Å². The lowest BCUT2D eigenvalue weighted by Gasteiger charge is -2.36. The molecule has 1 N–H and O–H groups in total. The van der Waals surface area contributed by atoms with E-state index in [2.05, 4.69) is 61.3 Å². The predicted octanol–water partition coefficient (Wildman–Crippen LogP) is 3.31. The smallest absolute Gasteiger partial charge is 0.0622 e. The van der Waals surface area contributed by atoms with Crippen LogP contribution in [0.25, 0.3) is 0 Å². The molecule has 1 heterocycles. The van der Waals surface area contributed by atoms with E-state index in [0.29, 0.717) is 18.0 Å². The normalized spacial score (nSPS) is 18.2. The van der Waals surface area contributed by atoms with Crippen molar-refractivity contribution in [2.24, 2.45) is 5.92 Å². The summed E-state index contributed by atoms with van der Waals surface area (Å²) in [7, 11) is 0. The molecule has 0 bridgehead atoms. The Labute approximate surface area is 129 Å². The van der Waals surface area contributed by atoms with E-state index < -0.39 is 0 Å². The highest BCUT2D eigenvalue weighted by molar-refractivity contribution is 5.46. The van der Waals surface area contributed by atoms with Crippen LogP contribution < -0.4 is 10.2 Å². The van der Waals surface area contributed by atoms with Crippen LogP contribution in [0.3, 0.4) is 0 Å². The molecule has 1 atom stereocenters. The molecule has 0 saturated carbocycles. The summed E-state index contributed by atoms with van der Waals surface area (Å²) in [5.74, 6) is 0.615. The van der Waals surface area contributed by atoms with Crippen LogP contribution in [-0.4, -0.2) is 38.4 Å². The number of rotatable bonds is 7. The lowest BCUT2D eigenvalue weighted by molar-refractivity contribution is 0.101. The van der Waals surface area contributed by atoms with Crippen LogP contribution in [0.15, 0.2) is 30.3 Å². The average Bonchev–Trinajstić information content (AvgIpc) is 2.52. The summed E-state index contributed by atoms with van der Waals surface area (Å²) in [5, 5.41) is 3.81. The molecule has 2 rings (SSSR count). The Morgan fingerprint density at radius 1 is 1.19 bits per heavy atom. The van der Waals surface area contributed by atoms with Crippen molar-refractivity contribution in [3.05, 3.63) is 30.3 Å². The fourth-order valence-corrected chi connectivity index (χ4v) is 2.92. The Bertz CT molecular complexity index is 385. The third-order valence-corrected chi connectivity index (χ3v) is 4.37. The first-order valence-corrected chi connectivity index (χ1v) is 8.34. The van der Waals surface area contributed by atoms with Crippen molar-refractivity contribution in [2.45, 2.75) is 45.7 Å². The van der Waals surface area contributed by atoms with Gasteiger partial charge in [-0.3, -0.25) is 0 Å². The second-order valence-electron chi connectivity index (χ2n) is 6.27.